The zero-order valence-electron chi connectivity index (χ0n) is 14.2. The van der Waals surface area contributed by atoms with Crippen LogP contribution in [0, 0.1) is 11.5 Å². The van der Waals surface area contributed by atoms with E-state index in [1.807, 2.05) is 54.7 Å². The number of ether oxygens (including phenoxy) is 1. The SMILES string of the molecule is N#CNC(=Nc1ccccc1CN1CCCCC1)Oc1ccccc1. The van der Waals surface area contributed by atoms with Gasteiger partial charge in [0.15, 0.2) is 6.19 Å². The Kier molecular flexibility index (Phi) is 6.02. The molecule has 0 bridgehead atoms. The molecular formula is C20H22N4O. The Labute approximate surface area is 148 Å². The highest BCUT2D eigenvalue weighted by molar-refractivity contribution is 5.81. The smallest absolute Gasteiger partial charge is 0.309 e. The number of aliphatic imine (C=N–C) groups is 1. The third-order valence-corrected chi connectivity index (χ3v) is 4.18. The summed E-state index contributed by atoms with van der Waals surface area (Å²) in [5, 5.41) is 11.5. The van der Waals surface area contributed by atoms with Crippen molar-refractivity contribution in [3.05, 3.63) is 60.2 Å². The van der Waals surface area contributed by atoms with Crippen LogP contribution in [0.4, 0.5) is 5.69 Å². The molecule has 25 heavy (non-hydrogen) atoms. The lowest BCUT2D eigenvalue weighted by molar-refractivity contribution is 0.221. The van der Waals surface area contributed by atoms with Crippen LogP contribution in [0.3, 0.4) is 0 Å². The minimum absolute atomic E-state index is 0.180. The highest BCUT2D eigenvalue weighted by Crippen LogP contribution is 2.23. The first-order valence-corrected chi connectivity index (χ1v) is 8.62. The summed E-state index contributed by atoms with van der Waals surface area (Å²) in [6, 6.07) is 17.5. The molecule has 2 aromatic rings. The van der Waals surface area contributed by atoms with Gasteiger partial charge in [-0.25, -0.2) is 5.32 Å². The van der Waals surface area contributed by atoms with Crippen LogP contribution >= 0.6 is 0 Å². The monoisotopic (exact) mass is 334 g/mol. The standard InChI is InChI=1S/C20H22N4O/c21-16-22-20(25-18-10-3-1-4-11-18)23-19-12-6-5-9-17(19)15-24-13-7-2-8-14-24/h1,3-6,9-12H,2,7-8,13-15H2,(H,22,23). The van der Waals surface area contributed by atoms with Gasteiger partial charge in [-0.05, 0) is 49.7 Å². The van der Waals surface area contributed by atoms with Crippen LogP contribution in [-0.4, -0.2) is 24.0 Å². The first-order valence-electron chi connectivity index (χ1n) is 8.62. The van der Waals surface area contributed by atoms with E-state index in [0.29, 0.717) is 5.75 Å². The molecule has 3 rings (SSSR count). The van der Waals surface area contributed by atoms with E-state index in [1.54, 1.807) is 0 Å². The molecule has 0 unspecified atom stereocenters. The topological polar surface area (TPSA) is 60.7 Å². The normalized spacial score (nSPS) is 15.4. The molecule has 0 aromatic heterocycles. The van der Waals surface area contributed by atoms with Crippen LogP contribution in [0.25, 0.3) is 0 Å². The molecule has 1 N–H and O–H groups in total. The molecule has 1 saturated heterocycles. The fourth-order valence-corrected chi connectivity index (χ4v) is 2.95. The van der Waals surface area contributed by atoms with Gasteiger partial charge in [-0.1, -0.05) is 42.8 Å². The lowest BCUT2D eigenvalue weighted by Gasteiger charge is -2.26. The summed E-state index contributed by atoms with van der Waals surface area (Å²) in [5.74, 6) is 0.637. The van der Waals surface area contributed by atoms with Gasteiger partial charge in [0.1, 0.15) is 5.75 Å². The van der Waals surface area contributed by atoms with E-state index < -0.39 is 0 Å². The lowest BCUT2D eigenvalue weighted by atomic mass is 10.1. The molecule has 0 atom stereocenters. The van der Waals surface area contributed by atoms with Crippen LogP contribution < -0.4 is 10.1 Å². The fourth-order valence-electron chi connectivity index (χ4n) is 2.95. The molecule has 2 aromatic carbocycles. The van der Waals surface area contributed by atoms with E-state index in [0.717, 1.165) is 30.9 Å². The Morgan fingerprint density at radius 1 is 1.04 bits per heavy atom. The van der Waals surface area contributed by atoms with Crippen LogP contribution in [0.2, 0.25) is 0 Å². The number of nitrogens with zero attached hydrogens (tertiary/aromatic N) is 3. The van der Waals surface area contributed by atoms with E-state index in [2.05, 4.69) is 21.3 Å². The van der Waals surface area contributed by atoms with Crippen molar-refractivity contribution >= 4 is 11.7 Å². The first-order chi connectivity index (χ1) is 12.3. The molecule has 0 aliphatic carbocycles. The second kappa shape index (κ2) is 8.86. The number of nitrogens with one attached hydrogen (secondary N) is 1. The van der Waals surface area contributed by atoms with Crippen molar-refractivity contribution in [2.75, 3.05) is 13.1 Å². The number of piperidine rings is 1. The zero-order chi connectivity index (χ0) is 17.3. The van der Waals surface area contributed by atoms with Crippen molar-refractivity contribution in [1.29, 1.82) is 5.26 Å². The number of likely N-dealkylation sites (tertiary alicyclic amines) is 1. The number of benzene rings is 2. The van der Waals surface area contributed by atoms with Gasteiger partial charge >= 0.3 is 6.02 Å². The van der Waals surface area contributed by atoms with Gasteiger partial charge in [-0.3, -0.25) is 4.90 Å². The Hall–Kier alpha value is -2.84. The third kappa shape index (κ3) is 5.07. The maximum atomic E-state index is 8.99. The average molecular weight is 334 g/mol. The number of hydrogen-bond donors (Lipinski definition) is 1. The molecule has 1 aliphatic heterocycles. The van der Waals surface area contributed by atoms with Crippen molar-refractivity contribution < 1.29 is 4.74 Å². The Balaban J connectivity index is 1.80. The molecule has 0 saturated carbocycles. The maximum Gasteiger partial charge on any atom is 0.309 e. The average Bonchev–Trinajstić information content (AvgIpc) is 2.65. The summed E-state index contributed by atoms with van der Waals surface area (Å²) in [7, 11) is 0. The molecule has 0 radical (unpaired) electrons. The van der Waals surface area contributed by atoms with Crippen molar-refractivity contribution in [2.24, 2.45) is 4.99 Å². The van der Waals surface area contributed by atoms with E-state index in [4.69, 9.17) is 10.00 Å². The minimum Gasteiger partial charge on any atom is -0.425 e. The Bertz CT molecular complexity index is 746. The van der Waals surface area contributed by atoms with E-state index in [1.165, 1.54) is 19.3 Å². The van der Waals surface area contributed by atoms with Crippen molar-refractivity contribution in [3.8, 4) is 11.9 Å². The molecule has 1 aliphatic rings. The van der Waals surface area contributed by atoms with E-state index >= 15 is 0 Å². The fraction of sp³-hybridized carbons (Fsp3) is 0.300. The van der Waals surface area contributed by atoms with Crippen LogP contribution in [-0.2, 0) is 6.54 Å². The number of hydrogen-bond acceptors (Lipinski definition) is 4. The van der Waals surface area contributed by atoms with Gasteiger partial charge in [-0.15, -0.1) is 0 Å². The van der Waals surface area contributed by atoms with Gasteiger partial charge in [0.05, 0.1) is 5.69 Å². The van der Waals surface area contributed by atoms with E-state index in [9.17, 15) is 0 Å². The van der Waals surface area contributed by atoms with Crippen LogP contribution in [0.1, 0.15) is 24.8 Å². The molecule has 128 valence electrons. The second-order valence-corrected chi connectivity index (χ2v) is 6.03. The minimum atomic E-state index is 0.180. The Morgan fingerprint density at radius 2 is 1.76 bits per heavy atom. The lowest BCUT2D eigenvalue weighted by Crippen LogP contribution is -2.29. The van der Waals surface area contributed by atoms with Crippen LogP contribution in [0.5, 0.6) is 5.75 Å². The summed E-state index contributed by atoms with van der Waals surface area (Å²) in [6.45, 7) is 3.12. The summed E-state index contributed by atoms with van der Waals surface area (Å²) in [6.07, 6.45) is 5.72. The number of amidine groups is 1. The first kappa shape index (κ1) is 17.0. The van der Waals surface area contributed by atoms with Crippen molar-refractivity contribution in [2.45, 2.75) is 25.8 Å². The number of nitriles is 1. The molecular weight excluding hydrogens is 312 g/mol. The maximum absolute atomic E-state index is 8.99. The van der Waals surface area contributed by atoms with E-state index in [-0.39, 0.29) is 6.02 Å². The predicted molar refractivity (Wildman–Crippen MR) is 98.5 cm³/mol. The van der Waals surface area contributed by atoms with Gasteiger partial charge < -0.3 is 4.74 Å². The molecule has 1 fully saturated rings. The highest BCUT2D eigenvalue weighted by Gasteiger charge is 2.13. The van der Waals surface area contributed by atoms with Gasteiger partial charge in [-0.2, -0.15) is 10.3 Å². The molecule has 5 heteroatoms. The largest absolute Gasteiger partial charge is 0.425 e. The molecule has 5 nitrogen and oxygen atoms in total. The summed E-state index contributed by atoms with van der Waals surface area (Å²) >= 11 is 0. The summed E-state index contributed by atoms with van der Waals surface area (Å²) in [4.78, 5) is 6.99. The predicted octanol–water partition coefficient (Wildman–Crippen LogP) is 3.81. The van der Waals surface area contributed by atoms with Crippen molar-refractivity contribution in [3.63, 3.8) is 0 Å². The Morgan fingerprint density at radius 3 is 2.52 bits per heavy atom. The van der Waals surface area contributed by atoms with Gasteiger partial charge in [0.2, 0.25) is 0 Å². The van der Waals surface area contributed by atoms with Crippen LogP contribution in [0.15, 0.2) is 59.6 Å². The van der Waals surface area contributed by atoms with Gasteiger partial charge in [0, 0.05) is 6.54 Å². The van der Waals surface area contributed by atoms with Crippen molar-refractivity contribution in [1.82, 2.24) is 10.2 Å². The van der Waals surface area contributed by atoms with Gasteiger partial charge in [0.25, 0.3) is 0 Å². The zero-order valence-corrected chi connectivity index (χ0v) is 14.2. The molecule has 0 amide bonds. The number of para-hydroxylation sites is 2. The third-order valence-electron chi connectivity index (χ3n) is 4.18. The number of rotatable bonds is 4. The molecule has 0 spiro atoms. The summed E-state index contributed by atoms with van der Waals surface area (Å²) < 4.78 is 5.71. The highest BCUT2D eigenvalue weighted by atomic mass is 16.5. The summed E-state index contributed by atoms with van der Waals surface area (Å²) in [5.41, 5.74) is 1.96. The quantitative estimate of drug-likeness (QED) is 0.400. The second-order valence-electron chi connectivity index (χ2n) is 6.03. The molecule has 1 heterocycles.